The molecule has 0 bridgehead atoms. The van der Waals surface area contributed by atoms with E-state index in [0.717, 1.165) is 40.9 Å². The molecular weight excluding hydrogens is 300 g/mol. The maximum Gasteiger partial charge on any atom is 0.212 e. The summed E-state index contributed by atoms with van der Waals surface area (Å²) in [6.07, 6.45) is 1.89. The first-order chi connectivity index (χ1) is 10.8. The van der Waals surface area contributed by atoms with Gasteiger partial charge in [-0.2, -0.15) is 9.78 Å². The minimum absolute atomic E-state index is 0.705. The van der Waals surface area contributed by atoms with Gasteiger partial charge in [0.2, 0.25) is 5.16 Å². The van der Waals surface area contributed by atoms with Crippen molar-refractivity contribution >= 4 is 17.5 Å². The molecule has 0 spiro atoms. The van der Waals surface area contributed by atoms with Crippen molar-refractivity contribution in [1.82, 2.24) is 14.9 Å². The second kappa shape index (κ2) is 6.39. The Morgan fingerprint density at radius 3 is 2.73 bits per heavy atom. The standard InChI is InChI=1S/C15H18N4O2S/c1-4-5-14-16-17-15-19(14)18-11(9-22-15)10-6-7-12(20-2)13(8-10)21-3/h6-8H,4-5,9H2,1-3H3. The Balaban J connectivity index is 1.98. The lowest BCUT2D eigenvalue weighted by atomic mass is 10.1. The van der Waals surface area contributed by atoms with Gasteiger partial charge in [0.15, 0.2) is 17.3 Å². The number of thioether (sulfide) groups is 1. The molecule has 1 aromatic heterocycles. The highest BCUT2D eigenvalue weighted by atomic mass is 32.2. The molecule has 1 aliphatic heterocycles. The largest absolute Gasteiger partial charge is 0.493 e. The zero-order chi connectivity index (χ0) is 15.5. The summed E-state index contributed by atoms with van der Waals surface area (Å²) in [7, 11) is 3.27. The van der Waals surface area contributed by atoms with Crippen molar-refractivity contribution in [3.63, 3.8) is 0 Å². The molecule has 0 aliphatic carbocycles. The van der Waals surface area contributed by atoms with Crippen LogP contribution in [0.5, 0.6) is 11.5 Å². The molecule has 3 rings (SSSR count). The molecule has 0 saturated carbocycles. The van der Waals surface area contributed by atoms with Gasteiger partial charge in [-0.05, 0) is 24.6 Å². The molecule has 2 aromatic rings. The van der Waals surface area contributed by atoms with E-state index >= 15 is 0 Å². The quantitative estimate of drug-likeness (QED) is 0.848. The molecule has 22 heavy (non-hydrogen) atoms. The van der Waals surface area contributed by atoms with Gasteiger partial charge in [0.1, 0.15) is 0 Å². The number of fused-ring (bicyclic) bond motifs is 1. The van der Waals surface area contributed by atoms with E-state index in [9.17, 15) is 0 Å². The van der Waals surface area contributed by atoms with Gasteiger partial charge in [0.25, 0.3) is 0 Å². The van der Waals surface area contributed by atoms with E-state index in [0.29, 0.717) is 11.5 Å². The van der Waals surface area contributed by atoms with Gasteiger partial charge in [-0.25, -0.2) is 0 Å². The van der Waals surface area contributed by atoms with Crippen molar-refractivity contribution in [2.45, 2.75) is 24.9 Å². The first-order valence-electron chi connectivity index (χ1n) is 7.14. The van der Waals surface area contributed by atoms with Gasteiger partial charge in [-0.15, -0.1) is 10.2 Å². The summed E-state index contributed by atoms with van der Waals surface area (Å²) >= 11 is 1.65. The van der Waals surface area contributed by atoms with Crippen LogP contribution >= 0.6 is 11.8 Å². The van der Waals surface area contributed by atoms with Crippen molar-refractivity contribution in [3.8, 4) is 11.5 Å². The third-order valence-corrected chi connectivity index (χ3v) is 4.36. The van der Waals surface area contributed by atoms with E-state index < -0.39 is 0 Å². The minimum atomic E-state index is 0.705. The second-order valence-corrected chi connectivity index (χ2v) is 5.81. The summed E-state index contributed by atoms with van der Waals surface area (Å²) in [5, 5.41) is 14.0. The monoisotopic (exact) mass is 318 g/mol. The average Bonchev–Trinajstić information content (AvgIpc) is 2.97. The zero-order valence-electron chi connectivity index (χ0n) is 12.9. The molecule has 6 nitrogen and oxygen atoms in total. The van der Waals surface area contributed by atoms with Gasteiger partial charge < -0.3 is 9.47 Å². The molecule has 0 unspecified atom stereocenters. The number of ether oxygens (including phenoxy) is 2. The van der Waals surface area contributed by atoms with Crippen LogP contribution in [0, 0.1) is 0 Å². The Morgan fingerprint density at radius 2 is 2.00 bits per heavy atom. The molecule has 116 valence electrons. The molecule has 0 radical (unpaired) electrons. The van der Waals surface area contributed by atoms with Gasteiger partial charge >= 0.3 is 0 Å². The van der Waals surface area contributed by atoms with Gasteiger partial charge in [0.05, 0.1) is 19.9 Å². The number of aromatic nitrogens is 3. The fraction of sp³-hybridized carbons (Fsp3) is 0.400. The predicted octanol–water partition coefficient (Wildman–Crippen LogP) is 2.61. The third kappa shape index (κ3) is 2.68. The molecule has 1 aliphatic rings. The van der Waals surface area contributed by atoms with Crippen molar-refractivity contribution < 1.29 is 9.47 Å². The number of rotatable bonds is 5. The molecular formula is C15H18N4O2S. The number of hydrogen-bond donors (Lipinski definition) is 0. The molecule has 2 heterocycles. The highest BCUT2D eigenvalue weighted by molar-refractivity contribution is 7.99. The lowest BCUT2D eigenvalue weighted by Crippen LogP contribution is -2.14. The number of benzene rings is 1. The highest BCUT2D eigenvalue weighted by Crippen LogP contribution is 2.30. The van der Waals surface area contributed by atoms with Crippen LogP contribution in [0.4, 0.5) is 0 Å². The molecule has 0 N–H and O–H groups in total. The van der Waals surface area contributed by atoms with Crippen LogP contribution in [0.2, 0.25) is 0 Å². The lowest BCUT2D eigenvalue weighted by Gasteiger charge is -2.15. The van der Waals surface area contributed by atoms with E-state index in [2.05, 4.69) is 17.1 Å². The van der Waals surface area contributed by atoms with Gasteiger partial charge in [0, 0.05) is 17.7 Å². The number of aryl methyl sites for hydroxylation is 1. The summed E-state index contributed by atoms with van der Waals surface area (Å²) in [6, 6.07) is 5.85. The molecule has 1 aromatic carbocycles. The maximum absolute atomic E-state index is 5.37. The molecule has 0 saturated heterocycles. The topological polar surface area (TPSA) is 61.5 Å². The van der Waals surface area contributed by atoms with Crippen LogP contribution in [0.15, 0.2) is 28.5 Å². The number of methoxy groups -OCH3 is 2. The van der Waals surface area contributed by atoms with Crippen molar-refractivity contribution in [3.05, 3.63) is 29.6 Å². The second-order valence-electron chi connectivity index (χ2n) is 4.87. The maximum atomic E-state index is 5.37. The van der Waals surface area contributed by atoms with Crippen LogP contribution in [-0.4, -0.2) is 40.6 Å². The van der Waals surface area contributed by atoms with E-state index in [1.807, 2.05) is 22.9 Å². The number of nitrogens with zero attached hydrogens (tertiary/aromatic N) is 4. The summed E-state index contributed by atoms with van der Waals surface area (Å²) in [5.41, 5.74) is 2.00. The predicted molar refractivity (Wildman–Crippen MR) is 86.2 cm³/mol. The lowest BCUT2D eigenvalue weighted by molar-refractivity contribution is 0.355. The van der Waals surface area contributed by atoms with Crippen LogP contribution in [-0.2, 0) is 6.42 Å². The Kier molecular flexibility index (Phi) is 4.33. The zero-order valence-corrected chi connectivity index (χ0v) is 13.7. The fourth-order valence-electron chi connectivity index (χ4n) is 2.30. The first-order valence-corrected chi connectivity index (χ1v) is 8.12. The SMILES string of the molecule is CCCc1nnc2n1N=C(c1ccc(OC)c(OC)c1)CS2. The van der Waals surface area contributed by atoms with Crippen molar-refractivity contribution in [1.29, 1.82) is 0 Å². The summed E-state index contributed by atoms with van der Waals surface area (Å²) < 4.78 is 12.5. The van der Waals surface area contributed by atoms with E-state index in [-0.39, 0.29) is 0 Å². The summed E-state index contributed by atoms with van der Waals surface area (Å²) in [5.74, 6) is 3.09. The third-order valence-electron chi connectivity index (χ3n) is 3.43. The average molecular weight is 318 g/mol. The Bertz CT molecular complexity index is 712. The van der Waals surface area contributed by atoms with Crippen LogP contribution in [0.1, 0.15) is 24.7 Å². The Hall–Kier alpha value is -2.02. The Morgan fingerprint density at radius 1 is 1.18 bits per heavy atom. The van der Waals surface area contributed by atoms with Crippen molar-refractivity contribution in [2.75, 3.05) is 20.0 Å². The molecule has 0 amide bonds. The Labute approximate surface area is 133 Å². The van der Waals surface area contributed by atoms with E-state index in [4.69, 9.17) is 14.6 Å². The normalized spacial score (nSPS) is 13.5. The number of hydrogen-bond acceptors (Lipinski definition) is 6. The van der Waals surface area contributed by atoms with Crippen molar-refractivity contribution in [2.24, 2.45) is 5.10 Å². The van der Waals surface area contributed by atoms with Gasteiger partial charge in [-0.3, -0.25) is 0 Å². The molecule has 7 heteroatoms. The first kappa shape index (κ1) is 14.9. The van der Waals surface area contributed by atoms with E-state index in [1.165, 1.54) is 0 Å². The molecule has 0 fully saturated rings. The molecule has 0 atom stereocenters. The smallest absolute Gasteiger partial charge is 0.212 e. The van der Waals surface area contributed by atoms with Crippen LogP contribution in [0.25, 0.3) is 0 Å². The fourth-order valence-corrected chi connectivity index (χ4v) is 3.16. The van der Waals surface area contributed by atoms with Crippen LogP contribution in [0.3, 0.4) is 0 Å². The summed E-state index contributed by atoms with van der Waals surface area (Å²) in [6.45, 7) is 2.12. The highest BCUT2D eigenvalue weighted by Gasteiger charge is 2.20. The van der Waals surface area contributed by atoms with Gasteiger partial charge in [-0.1, -0.05) is 18.7 Å². The van der Waals surface area contributed by atoms with Crippen LogP contribution < -0.4 is 9.47 Å². The summed E-state index contributed by atoms with van der Waals surface area (Å²) in [4.78, 5) is 0. The minimum Gasteiger partial charge on any atom is -0.493 e. The van der Waals surface area contributed by atoms with E-state index in [1.54, 1.807) is 26.0 Å².